The van der Waals surface area contributed by atoms with Crippen molar-refractivity contribution in [2.75, 3.05) is 10.6 Å². The topological polar surface area (TPSA) is 103 Å². The Kier molecular flexibility index (Phi) is 4.86. The van der Waals surface area contributed by atoms with Crippen molar-refractivity contribution in [3.63, 3.8) is 0 Å². The number of anilines is 2. The van der Waals surface area contributed by atoms with E-state index in [0.717, 1.165) is 48.6 Å². The van der Waals surface area contributed by atoms with E-state index in [4.69, 9.17) is 5.41 Å². The third-order valence-corrected chi connectivity index (χ3v) is 5.66. The van der Waals surface area contributed by atoms with E-state index in [1.165, 1.54) is 0 Å². The fourth-order valence-electron chi connectivity index (χ4n) is 3.58. The average molecular weight is 400 g/mol. The van der Waals surface area contributed by atoms with E-state index < -0.39 is 0 Å². The fraction of sp³-hybridized carbons (Fsp3) is 0.348. The highest BCUT2D eigenvalue weighted by Crippen LogP contribution is 2.38. The smallest absolute Gasteiger partial charge is 0.255 e. The maximum atomic E-state index is 12.6. The Morgan fingerprint density at radius 3 is 2.67 bits per heavy atom. The maximum Gasteiger partial charge on any atom is 0.255 e. The normalized spacial score (nSPS) is 22.7. The predicted molar refractivity (Wildman–Crippen MR) is 119 cm³/mol. The van der Waals surface area contributed by atoms with Crippen LogP contribution in [0.3, 0.4) is 0 Å². The van der Waals surface area contributed by atoms with Crippen LogP contribution in [0.1, 0.15) is 32.1 Å². The van der Waals surface area contributed by atoms with Crippen molar-refractivity contribution in [2.24, 2.45) is 21.8 Å². The van der Waals surface area contributed by atoms with Crippen molar-refractivity contribution in [2.45, 2.75) is 38.1 Å². The SMILES string of the molecule is N=C(/C=C(\Nc1ccc(NC(=O)C2=CCC3N=CC=NC3=C2)cn1)C1CC1)C1CC1. The van der Waals surface area contributed by atoms with Crippen LogP contribution in [0.15, 0.2) is 63.5 Å². The average Bonchev–Trinajstić information content (AvgIpc) is 3.66. The lowest BCUT2D eigenvalue weighted by Gasteiger charge is -2.19. The third-order valence-electron chi connectivity index (χ3n) is 5.66. The summed E-state index contributed by atoms with van der Waals surface area (Å²) in [4.78, 5) is 25.7. The lowest BCUT2D eigenvalue weighted by atomic mass is 9.99. The lowest BCUT2D eigenvalue weighted by Crippen LogP contribution is -2.20. The molecule has 3 aliphatic carbocycles. The number of amides is 1. The van der Waals surface area contributed by atoms with Crippen LogP contribution in [-0.2, 0) is 4.79 Å². The maximum absolute atomic E-state index is 12.6. The summed E-state index contributed by atoms with van der Waals surface area (Å²) in [6.45, 7) is 0. The number of aromatic nitrogens is 1. The Morgan fingerprint density at radius 1 is 1.10 bits per heavy atom. The summed E-state index contributed by atoms with van der Waals surface area (Å²) in [5.74, 6) is 1.50. The van der Waals surface area contributed by atoms with Gasteiger partial charge in [-0.2, -0.15) is 0 Å². The molecule has 1 unspecified atom stereocenters. The van der Waals surface area contributed by atoms with Gasteiger partial charge in [-0.25, -0.2) is 4.98 Å². The number of carbonyl (C=O) groups excluding carboxylic acids is 1. The van der Waals surface area contributed by atoms with Gasteiger partial charge in [-0.15, -0.1) is 0 Å². The second kappa shape index (κ2) is 7.82. The van der Waals surface area contributed by atoms with Gasteiger partial charge in [0.1, 0.15) is 5.82 Å². The van der Waals surface area contributed by atoms with E-state index in [9.17, 15) is 4.79 Å². The summed E-state index contributed by atoms with van der Waals surface area (Å²) in [6.07, 6.45) is 15.9. The summed E-state index contributed by atoms with van der Waals surface area (Å²) < 4.78 is 0. The Balaban J connectivity index is 1.22. The van der Waals surface area contributed by atoms with E-state index >= 15 is 0 Å². The van der Waals surface area contributed by atoms with Gasteiger partial charge in [0, 0.05) is 35.3 Å². The van der Waals surface area contributed by atoms with Gasteiger partial charge in [0.25, 0.3) is 5.91 Å². The van der Waals surface area contributed by atoms with Crippen molar-refractivity contribution in [1.29, 1.82) is 5.41 Å². The van der Waals surface area contributed by atoms with Gasteiger partial charge in [-0.05, 0) is 62.3 Å². The van der Waals surface area contributed by atoms with Crippen LogP contribution in [0.5, 0.6) is 0 Å². The number of aliphatic imine (C=N–C) groups is 2. The van der Waals surface area contributed by atoms with E-state index in [-0.39, 0.29) is 11.9 Å². The van der Waals surface area contributed by atoms with E-state index in [0.29, 0.717) is 29.5 Å². The number of pyridine rings is 1. The van der Waals surface area contributed by atoms with Crippen LogP contribution in [0.4, 0.5) is 11.5 Å². The van der Waals surface area contributed by atoms with Crippen molar-refractivity contribution < 1.29 is 4.79 Å². The van der Waals surface area contributed by atoms with E-state index in [1.54, 1.807) is 24.7 Å². The molecule has 0 bridgehead atoms. The predicted octanol–water partition coefficient (Wildman–Crippen LogP) is 3.89. The number of allylic oxidation sites excluding steroid dienone is 2. The zero-order valence-corrected chi connectivity index (χ0v) is 16.6. The highest BCUT2D eigenvalue weighted by molar-refractivity contribution is 6.17. The molecular formula is C23H24N6O. The summed E-state index contributed by atoms with van der Waals surface area (Å²) in [6, 6.07) is 3.72. The molecule has 5 rings (SSSR count). The Hall–Kier alpha value is -3.35. The molecule has 1 aromatic rings. The first kappa shape index (κ1) is 18.7. The zero-order valence-electron chi connectivity index (χ0n) is 16.6. The van der Waals surface area contributed by atoms with Crippen LogP contribution in [0.2, 0.25) is 0 Å². The van der Waals surface area contributed by atoms with E-state index in [1.807, 2.05) is 24.3 Å². The standard InChI is InChI=1S/C23H24N6O/c24-18(14-1-2-14)12-20(15-3-4-15)29-22-8-6-17(13-27-22)28-23(30)16-5-7-19-21(11-16)26-10-9-25-19/h5-6,8-15,19,24H,1-4,7H2,(H,27,29)(H,28,30)/b20-12-,24-18?. The Bertz CT molecular complexity index is 1020. The molecule has 1 amide bonds. The molecule has 1 aliphatic heterocycles. The third kappa shape index (κ3) is 4.30. The first-order valence-electron chi connectivity index (χ1n) is 10.5. The molecular weight excluding hydrogens is 376 g/mol. The molecule has 0 aromatic carbocycles. The van der Waals surface area contributed by atoms with Gasteiger partial charge in [0.2, 0.25) is 0 Å². The number of fused-ring (bicyclic) bond motifs is 1. The number of nitrogens with one attached hydrogen (secondary N) is 3. The van der Waals surface area contributed by atoms with Gasteiger partial charge < -0.3 is 16.0 Å². The van der Waals surface area contributed by atoms with Crippen molar-refractivity contribution in [3.05, 3.63) is 53.5 Å². The van der Waals surface area contributed by atoms with Crippen LogP contribution >= 0.6 is 0 Å². The molecule has 1 aromatic heterocycles. The first-order chi connectivity index (χ1) is 14.7. The second-order valence-electron chi connectivity index (χ2n) is 8.17. The summed E-state index contributed by atoms with van der Waals surface area (Å²) in [5, 5.41) is 14.5. The van der Waals surface area contributed by atoms with Crippen LogP contribution in [0, 0.1) is 17.2 Å². The molecule has 2 saturated carbocycles. The van der Waals surface area contributed by atoms with Crippen molar-refractivity contribution in [3.8, 4) is 0 Å². The number of hydrogen-bond donors (Lipinski definition) is 3. The van der Waals surface area contributed by atoms with Gasteiger partial charge in [-0.1, -0.05) is 6.08 Å². The summed E-state index contributed by atoms with van der Waals surface area (Å²) >= 11 is 0. The van der Waals surface area contributed by atoms with E-state index in [2.05, 4.69) is 25.6 Å². The number of rotatable bonds is 7. The lowest BCUT2D eigenvalue weighted by molar-refractivity contribution is -0.112. The minimum absolute atomic E-state index is 0.0219. The molecule has 4 aliphatic rings. The first-order valence-corrected chi connectivity index (χ1v) is 10.5. The molecule has 0 spiro atoms. The van der Waals surface area contributed by atoms with Gasteiger partial charge in [0.15, 0.2) is 0 Å². The number of nitrogens with zero attached hydrogens (tertiary/aromatic N) is 3. The monoisotopic (exact) mass is 400 g/mol. The van der Waals surface area contributed by atoms with Gasteiger partial charge in [0.05, 0.1) is 23.6 Å². The Labute approximate surface area is 175 Å². The minimum atomic E-state index is -0.176. The van der Waals surface area contributed by atoms with Gasteiger partial charge >= 0.3 is 0 Å². The fourth-order valence-corrected chi connectivity index (χ4v) is 3.58. The molecule has 2 heterocycles. The molecule has 152 valence electrons. The number of hydrogen-bond acceptors (Lipinski definition) is 6. The van der Waals surface area contributed by atoms with Crippen molar-refractivity contribution in [1.82, 2.24) is 4.98 Å². The van der Waals surface area contributed by atoms with Crippen LogP contribution in [0.25, 0.3) is 0 Å². The molecule has 30 heavy (non-hydrogen) atoms. The molecule has 0 saturated heterocycles. The largest absolute Gasteiger partial charge is 0.343 e. The highest BCUT2D eigenvalue weighted by Gasteiger charge is 2.30. The molecule has 2 fully saturated rings. The van der Waals surface area contributed by atoms with Crippen molar-refractivity contribution >= 4 is 35.6 Å². The quantitative estimate of drug-likeness (QED) is 0.605. The zero-order chi connectivity index (χ0) is 20.5. The molecule has 0 radical (unpaired) electrons. The minimum Gasteiger partial charge on any atom is -0.343 e. The highest BCUT2D eigenvalue weighted by atomic mass is 16.1. The Morgan fingerprint density at radius 2 is 1.93 bits per heavy atom. The summed E-state index contributed by atoms with van der Waals surface area (Å²) in [5.41, 5.74) is 3.85. The second-order valence-corrected chi connectivity index (χ2v) is 8.17. The van der Waals surface area contributed by atoms with Crippen LogP contribution < -0.4 is 10.6 Å². The summed E-state index contributed by atoms with van der Waals surface area (Å²) in [7, 11) is 0. The number of carbonyl (C=O) groups is 1. The molecule has 7 heteroatoms. The molecule has 7 nitrogen and oxygen atoms in total. The van der Waals surface area contributed by atoms with Gasteiger partial charge in [-0.3, -0.25) is 14.8 Å². The molecule has 1 atom stereocenters. The van der Waals surface area contributed by atoms with Crippen LogP contribution in [-0.4, -0.2) is 35.1 Å². The molecule has 3 N–H and O–H groups in total.